The number of aromatic nitrogens is 4. The molecule has 1 aliphatic carbocycles. The highest BCUT2D eigenvalue weighted by Gasteiger charge is 2.32. The molecule has 5 rings (SSSR count). The quantitative estimate of drug-likeness (QED) is 0.402. The number of benzene rings is 1. The van der Waals surface area contributed by atoms with Crippen molar-refractivity contribution in [3.05, 3.63) is 45.9 Å². The number of anilines is 3. The van der Waals surface area contributed by atoms with Crippen LogP contribution in [-0.2, 0) is 0 Å². The summed E-state index contributed by atoms with van der Waals surface area (Å²) >= 11 is 6.90. The van der Waals surface area contributed by atoms with Gasteiger partial charge in [0, 0.05) is 11.6 Å². The van der Waals surface area contributed by atoms with Gasteiger partial charge >= 0.3 is 0 Å². The Labute approximate surface area is 214 Å². The zero-order chi connectivity index (χ0) is 25.4. The molecule has 0 radical (unpaired) electrons. The Kier molecular flexibility index (Phi) is 6.44. The van der Waals surface area contributed by atoms with E-state index < -0.39 is 0 Å². The van der Waals surface area contributed by atoms with Crippen LogP contribution in [0, 0.1) is 17.9 Å². The van der Waals surface area contributed by atoms with Crippen molar-refractivity contribution in [2.75, 3.05) is 30.3 Å². The smallest absolute Gasteiger partial charge is 0.275 e. The highest BCUT2D eigenvalue weighted by molar-refractivity contribution is 6.34. The third-order valence-corrected chi connectivity index (χ3v) is 7.45. The van der Waals surface area contributed by atoms with Crippen LogP contribution in [0.25, 0.3) is 10.5 Å². The van der Waals surface area contributed by atoms with E-state index in [1.165, 1.54) is 10.7 Å². The van der Waals surface area contributed by atoms with Crippen LogP contribution in [0.1, 0.15) is 56.6 Å². The molecule has 36 heavy (non-hydrogen) atoms. The summed E-state index contributed by atoms with van der Waals surface area (Å²) in [4.78, 5) is 14.7. The van der Waals surface area contributed by atoms with Crippen LogP contribution in [-0.4, -0.2) is 60.9 Å². The molecular weight excluding hydrogens is 478 g/mol. The Morgan fingerprint density at radius 2 is 2.03 bits per heavy atom. The zero-order valence-electron chi connectivity index (χ0n) is 20.3. The van der Waals surface area contributed by atoms with Gasteiger partial charge in [-0.15, -0.1) is 4.52 Å². The van der Waals surface area contributed by atoms with Crippen LogP contribution in [0.15, 0.2) is 18.3 Å². The average molecular weight is 506 g/mol. The highest BCUT2D eigenvalue weighted by Crippen LogP contribution is 2.39. The van der Waals surface area contributed by atoms with E-state index in [4.69, 9.17) is 18.2 Å². The van der Waals surface area contributed by atoms with E-state index >= 15 is 0 Å². The van der Waals surface area contributed by atoms with Crippen molar-refractivity contribution < 1.29 is 5.11 Å². The molecule has 0 amide bonds. The van der Waals surface area contributed by atoms with E-state index in [1.54, 1.807) is 6.07 Å². The Hall–Kier alpha value is -3.44. The minimum absolute atomic E-state index is 0.102. The normalized spacial score (nSPS) is 17.1. The number of nitrogens with one attached hydrogen (secondary N) is 2. The molecule has 3 aromatic rings. The molecule has 1 saturated heterocycles. The molecule has 0 spiro atoms. The summed E-state index contributed by atoms with van der Waals surface area (Å²) in [6.07, 6.45) is 5.34. The summed E-state index contributed by atoms with van der Waals surface area (Å²) < 4.78 is 1.47. The summed E-state index contributed by atoms with van der Waals surface area (Å²) in [5.41, 5.74) is 2.19. The molecule has 2 fully saturated rings. The lowest BCUT2D eigenvalue weighted by Crippen LogP contribution is -2.50. The predicted octanol–water partition coefficient (Wildman–Crippen LogP) is 4.47. The van der Waals surface area contributed by atoms with Gasteiger partial charge in [-0.3, -0.25) is 4.90 Å². The van der Waals surface area contributed by atoms with Crippen LogP contribution >= 0.6 is 11.6 Å². The number of nitriles is 1. The first-order valence-electron chi connectivity index (χ1n) is 12.1. The van der Waals surface area contributed by atoms with Gasteiger partial charge in [-0.2, -0.15) is 10.2 Å². The van der Waals surface area contributed by atoms with E-state index in [2.05, 4.69) is 41.5 Å². The van der Waals surface area contributed by atoms with Crippen molar-refractivity contribution in [3.63, 3.8) is 0 Å². The van der Waals surface area contributed by atoms with Crippen molar-refractivity contribution in [2.45, 2.75) is 57.0 Å². The number of likely N-dealkylation sites (tertiary alicyclic amines) is 1. The number of rotatable bonds is 7. The average Bonchev–Trinajstić information content (AvgIpc) is 3.61. The van der Waals surface area contributed by atoms with Crippen LogP contribution < -0.4 is 10.6 Å². The van der Waals surface area contributed by atoms with E-state index in [0.717, 1.165) is 44.3 Å². The van der Waals surface area contributed by atoms with E-state index in [-0.39, 0.29) is 29.8 Å². The zero-order valence-corrected chi connectivity index (χ0v) is 21.0. The summed E-state index contributed by atoms with van der Waals surface area (Å²) in [6, 6.07) is 6.14. The fourth-order valence-corrected chi connectivity index (χ4v) is 4.94. The molecule has 1 aromatic carbocycles. The summed E-state index contributed by atoms with van der Waals surface area (Å²) in [5.74, 6) is 1.28. The number of hydrogen-bond donors (Lipinski definition) is 3. The molecule has 11 heteroatoms. The van der Waals surface area contributed by atoms with Crippen LogP contribution in [0.5, 0.6) is 0 Å². The second-order valence-electron chi connectivity index (χ2n) is 10.1. The molecule has 3 N–H and O–H groups in total. The highest BCUT2D eigenvalue weighted by atomic mass is 35.5. The van der Waals surface area contributed by atoms with Gasteiger partial charge in [0.2, 0.25) is 0 Å². The number of imidazole rings is 1. The molecule has 2 aliphatic rings. The molecule has 0 bridgehead atoms. The van der Waals surface area contributed by atoms with E-state index in [9.17, 15) is 10.4 Å². The van der Waals surface area contributed by atoms with E-state index in [0.29, 0.717) is 33.8 Å². The minimum atomic E-state index is -0.268. The number of aliphatic hydroxyl groups excluding tert-OH is 1. The number of aliphatic hydroxyl groups is 1. The van der Waals surface area contributed by atoms with Crippen LogP contribution in [0.3, 0.4) is 0 Å². The van der Waals surface area contributed by atoms with Gasteiger partial charge in [0.05, 0.1) is 35.1 Å². The van der Waals surface area contributed by atoms with Gasteiger partial charge in [-0.05, 0) is 76.2 Å². The van der Waals surface area contributed by atoms with Gasteiger partial charge in [0.15, 0.2) is 5.82 Å². The largest absolute Gasteiger partial charge is 0.394 e. The monoisotopic (exact) mass is 505 g/mol. The maximum absolute atomic E-state index is 9.73. The van der Waals surface area contributed by atoms with E-state index in [1.807, 2.05) is 19.9 Å². The van der Waals surface area contributed by atoms with Gasteiger partial charge in [0.1, 0.15) is 0 Å². The molecule has 3 heterocycles. The second-order valence-corrected chi connectivity index (χ2v) is 10.4. The Morgan fingerprint density at radius 3 is 2.67 bits per heavy atom. The van der Waals surface area contributed by atoms with Gasteiger partial charge in [-0.1, -0.05) is 23.3 Å². The number of nitrogens with zero attached hydrogens (tertiary/aromatic N) is 7. The standard InChI is InChI=1S/C25H28ClN9O/c1-25(2,14-36)34-8-6-16(7-9-34)18-10-15(12-27)11-19(21(18)26)31-24-32-22(30-17-4-5-17)23-29-13-20(28-3)35(23)33-24/h10-11,13,16-17,36H,4-9,14H2,1-2H3,(H2,30,31,32,33). The molecule has 0 atom stereocenters. The molecule has 0 unspecified atom stereocenters. The topological polar surface area (TPSA) is 119 Å². The second kappa shape index (κ2) is 9.55. The first-order chi connectivity index (χ1) is 17.3. The summed E-state index contributed by atoms with van der Waals surface area (Å²) in [7, 11) is 0. The Balaban J connectivity index is 1.46. The van der Waals surface area contributed by atoms with Crippen LogP contribution in [0.4, 0.5) is 23.3 Å². The van der Waals surface area contributed by atoms with Crippen molar-refractivity contribution in [1.29, 1.82) is 5.26 Å². The molecule has 186 valence electrons. The third-order valence-electron chi connectivity index (χ3n) is 7.03. The first kappa shape index (κ1) is 24.3. The molecule has 1 aliphatic heterocycles. The van der Waals surface area contributed by atoms with Gasteiger partial charge in [0.25, 0.3) is 17.4 Å². The third kappa shape index (κ3) is 4.68. The molecule has 10 nitrogen and oxygen atoms in total. The lowest BCUT2D eigenvalue weighted by molar-refractivity contribution is 0.0379. The van der Waals surface area contributed by atoms with Crippen molar-refractivity contribution in [1.82, 2.24) is 24.5 Å². The lowest BCUT2D eigenvalue weighted by atomic mass is 9.86. The van der Waals surface area contributed by atoms with Crippen LogP contribution in [0.2, 0.25) is 5.02 Å². The number of hydrogen-bond acceptors (Lipinski definition) is 8. The maximum atomic E-state index is 9.73. The fraction of sp³-hybridized carbons (Fsp3) is 0.480. The first-order valence-corrected chi connectivity index (χ1v) is 12.5. The van der Waals surface area contributed by atoms with Crippen molar-refractivity contribution in [3.8, 4) is 6.07 Å². The van der Waals surface area contributed by atoms with Gasteiger partial charge in [-0.25, -0.2) is 4.98 Å². The Morgan fingerprint density at radius 1 is 1.28 bits per heavy atom. The lowest BCUT2D eigenvalue weighted by Gasteiger charge is -2.42. The predicted molar refractivity (Wildman–Crippen MR) is 138 cm³/mol. The summed E-state index contributed by atoms with van der Waals surface area (Å²) in [5, 5.41) is 31.0. The minimum Gasteiger partial charge on any atom is -0.394 e. The summed E-state index contributed by atoms with van der Waals surface area (Å²) in [6.45, 7) is 13.3. The van der Waals surface area contributed by atoms with Crippen molar-refractivity contribution >= 4 is 40.5 Å². The maximum Gasteiger partial charge on any atom is 0.275 e. The Bertz CT molecular complexity index is 1370. The number of halogens is 1. The number of fused-ring (bicyclic) bond motifs is 1. The number of piperidine rings is 1. The molecule has 2 aromatic heterocycles. The molecule has 1 saturated carbocycles. The van der Waals surface area contributed by atoms with Gasteiger partial charge < -0.3 is 20.6 Å². The fourth-order valence-electron chi connectivity index (χ4n) is 4.63. The van der Waals surface area contributed by atoms with Crippen molar-refractivity contribution in [2.24, 2.45) is 0 Å². The molecular formula is C25H28ClN9O. The SMILES string of the molecule is [C-]#[N+]c1cnc2c(NC3CC3)nc(Nc3cc(C#N)cc(C4CCN(C(C)(C)CO)CC4)c3Cl)nn12.